The van der Waals surface area contributed by atoms with Crippen LogP contribution in [0.1, 0.15) is 11.1 Å². The van der Waals surface area contributed by atoms with Crippen LogP contribution in [0, 0.1) is 6.92 Å². The molecule has 0 atom stereocenters. The quantitative estimate of drug-likeness (QED) is 0.813. The van der Waals surface area contributed by atoms with Crippen molar-refractivity contribution in [2.75, 3.05) is 33.7 Å². The SMILES string of the molecule is Cc1ccc(CN(CCN(C)C)C(=O)CN)cc1. The van der Waals surface area contributed by atoms with Crippen LogP contribution < -0.4 is 5.73 Å². The molecule has 0 saturated carbocycles. The van der Waals surface area contributed by atoms with Crippen LogP contribution in [0.25, 0.3) is 0 Å². The highest BCUT2D eigenvalue weighted by atomic mass is 16.2. The lowest BCUT2D eigenvalue weighted by molar-refractivity contribution is -0.130. The van der Waals surface area contributed by atoms with Crippen LogP contribution in [0.5, 0.6) is 0 Å². The first-order chi connectivity index (χ1) is 8.52. The number of benzene rings is 1. The molecule has 1 aromatic carbocycles. The average molecular weight is 249 g/mol. The Morgan fingerprint density at radius 1 is 1.17 bits per heavy atom. The van der Waals surface area contributed by atoms with Crippen molar-refractivity contribution in [3.63, 3.8) is 0 Å². The van der Waals surface area contributed by atoms with Gasteiger partial charge >= 0.3 is 0 Å². The van der Waals surface area contributed by atoms with E-state index in [-0.39, 0.29) is 12.5 Å². The minimum absolute atomic E-state index is 0.00238. The topological polar surface area (TPSA) is 49.6 Å². The van der Waals surface area contributed by atoms with E-state index in [0.29, 0.717) is 13.1 Å². The maximum absolute atomic E-state index is 11.8. The summed E-state index contributed by atoms with van der Waals surface area (Å²) in [4.78, 5) is 15.6. The summed E-state index contributed by atoms with van der Waals surface area (Å²) in [5.41, 5.74) is 7.82. The maximum atomic E-state index is 11.8. The van der Waals surface area contributed by atoms with Gasteiger partial charge in [0, 0.05) is 19.6 Å². The van der Waals surface area contributed by atoms with E-state index in [0.717, 1.165) is 12.1 Å². The molecule has 0 aliphatic heterocycles. The third-order valence-corrected chi connectivity index (χ3v) is 2.84. The monoisotopic (exact) mass is 249 g/mol. The summed E-state index contributed by atoms with van der Waals surface area (Å²) in [7, 11) is 3.99. The van der Waals surface area contributed by atoms with Crippen LogP contribution in [-0.4, -0.2) is 49.4 Å². The van der Waals surface area contributed by atoms with E-state index in [2.05, 4.69) is 36.1 Å². The molecule has 1 rings (SSSR count). The molecule has 0 unspecified atom stereocenters. The molecule has 0 heterocycles. The van der Waals surface area contributed by atoms with Crippen LogP contribution in [0.3, 0.4) is 0 Å². The van der Waals surface area contributed by atoms with Gasteiger partial charge in [-0.1, -0.05) is 29.8 Å². The Bertz CT molecular complexity index is 373. The Morgan fingerprint density at radius 2 is 1.78 bits per heavy atom. The number of nitrogens with zero attached hydrogens (tertiary/aromatic N) is 2. The number of carbonyl (C=O) groups excluding carboxylic acids is 1. The molecule has 100 valence electrons. The summed E-state index contributed by atoms with van der Waals surface area (Å²) in [6.07, 6.45) is 0. The molecule has 4 nitrogen and oxygen atoms in total. The van der Waals surface area contributed by atoms with E-state index in [9.17, 15) is 4.79 Å². The summed E-state index contributed by atoms with van der Waals surface area (Å²) < 4.78 is 0. The van der Waals surface area contributed by atoms with Gasteiger partial charge in [0.2, 0.25) is 5.91 Å². The highest BCUT2D eigenvalue weighted by Crippen LogP contribution is 2.07. The van der Waals surface area contributed by atoms with Gasteiger partial charge in [0.05, 0.1) is 6.54 Å². The van der Waals surface area contributed by atoms with Crippen molar-refractivity contribution in [2.45, 2.75) is 13.5 Å². The van der Waals surface area contributed by atoms with Gasteiger partial charge in [0.1, 0.15) is 0 Å². The summed E-state index contributed by atoms with van der Waals surface area (Å²) in [6.45, 7) is 4.30. The van der Waals surface area contributed by atoms with Crippen LogP contribution in [0.2, 0.25) is 0 Å². The van der Waals surface area contributed by atoms with Crippen LogP contribution in [0.4, 0.5) is 0 Å². The van der Waals surface area contributed by atoms with Crippen molar-refractivity contribution in [1.82, 2.24) is 9.80 Å². The molecule has 0 fully saturated rings. The molecule has 18 heavy (non-hydrogen) atoms. The van der Waals surface area contributed by atoms with Gasteiger partial charge in [0.25, 0.3) is 0 Å². The van der Waals surface area contributed by atoms with Crippen LogP contribution in [0.15, 0.2) is 24.3 Å². The van der Waals surface area contributed by atoms with E-state index in [1.54, 1.807) is 0 Å². The van der Waals surface area contributed by atoms with Crippen molar-refractivity contribution in [1.29, 1.82) is 0 Å². The third-order valence-electron chi connectivity index (χ3n) is 2.84. The van der Waals surface area contributed by atoms with Crippen LogP contribution >= 0.6 is 0 Å². The second-order valence-electron chi connectivity index (χ2n) is 4.81. The second kappa shape index (κ2) is 7.13. The number of carbonyl (C=O) groups is 1. The van der Waals surface area contributed by atoms with Crippen molar-refractivity contribution < 1.29 is 4.79 Å². The molecule has 0 aromatic heterocycles. The van der Waals surface area contributed by atoms with Crippen molar-refractivity contribution >= 4 is 5.91 Å². The molecular formula is C14H23N3O. The molecule has 0 saturated heterocycles. The first kappa shape index (κ1) is 14.7. The van der Waals surface area contributed by atoms with Crippen molar-refractivity contribution in [3.8, 4) is 0 Å². The molecule has 2 N–H and O–H groups in total. The first-order valence-corrected chi connectivity index (χ1v) is 6.21. The molecule has 4 heteroatoms. The van der Waals surface area contributed by atoms with Gasteiger partial charge in [0.15, 0.2) is 0 Å². The highest BCUT2D eigenvalue weighted by Gasteiger charge is 2.12. The predicted molar refractivity (Wildman–Crippen MR) is 74.2 cm³/mol. The predicted octanol–water partition coefficient (Wildman–Crippen LogP) is 0.844. The number of amides is 1. The average Bonchev–Trinajstić information content (AvgIpc) is 2.35. The standard InChI is InChI=1S/C14H23N3O/c1-12-4-6-13(7-5-12)11-17(14(18)10-15)9-8-16(2)3/h4-7H,8-11,15H2,1-3H3. The number of hydrogen-bond acceptors (Lipinski definition) is 3. The normalized spacial score (nSPS) is 10.7. The molecule has 0 aliphatic carbocycles. The Balaban J connectivity index is 2.65. The van der Waals surface area contributed by atoms with Gasteiger partial charge in [-0.15, -0.1) is 0 Å². The van der Waals surface area contributed by atoms with Crippen molar-refractivity contribution in [3.05, 3.63) is 35.4 Å². The van der Waals surface area contributed by atoms with Gasteiger partial charge in [-0.3, -0.25) is 4.79 Å². The molecule has 1 aromatic rings. The fourth-order valence-electron chi connectivity index (χ4n) is 1.66. The van der Waals surface area contributed by atoms with Crippen molar-refractivity contribution in [2.24, 2.45) is 5.73 Å². The lowest BCUT2D eigenvalue weighted by atomic mass is 10.1. The zero-order chi connectivity index (χ0) is 13.5. The smallest absolute Gasteiger partial charge is 0.236 e. The molecule has 0 bridgehead atoms. The Kier molecular flexibility index (Phi) is 5.82. The molecular weight excluding hydrogens is 226 g/mol. The number of nitrogens with two attached hydrogens (primary N) is 1. The first-order valence-electron chi connectivity index (χ1n) is 6.21. The Hall–Kier alpha value is -1.39. The van der Waals surface area contributed by atoms with Gasteiger partial charge < -0.3 is 15.5 Å². The molecule has 0 spiro atoms. The second-order valence-corrected chi connectivity index (χ2v) is 4.81. The summed E-state index contributed by atoms with van der Waals surface area (Å²) >= 11 is 0. The Morgan fingerprint density at radius 3 is 2.28 bits per heavy atom. The number of rotatable bonds is 6. The largest absolute Gasteiger partial charge is 0.336 e. The fraction of sp³-hybridized carbons (Fsp3) is 0.500. The summed E-state index contributed by atoms with van der Waals surface area (Å²) in [6, 6.07) is 8.24. The summed E-state index contributed by atoms with van der Waals surface area (Å²) in [5, 5.41) is 0. The van der Waals surface area contributed by atoms with Gasteiger partial charge in [-0.25, -0.2) is 0 Å². The zero-order valence-corrected chi connectivity index (χ0v) is 11.5. The minimum atomic E-state index is -0.00238. The van der Waals surface area contributed by atoms with E-state index < -0.39 is 0 Å². The van der Waals surface area contributed by atoms with E-state index >= 15 is 0 Å². The minimum Gasteiger partial charge on any atom is -0.336 e. The Labute approximate surface area is 109 Å². The number of likely N-dealkylation sites (N-methyl/N-ethyl adjacent to an activating group) is 1. The maximum Gasteiger partial charge on any atom is 0.236 e. The lowest BCUT2D eigenvalue weighted by Crippen LogP contribution is -2.39. The van der Waals surface area contributed by atoms with Gasteiger partial charge in [-0.05, 0) is 26.6 Å². The highest BCUT2D eigenvalue weighted by molar-refractivity contribution is 5.78. The van der Waals surface area contributed by atoms with Gasteiger partial charge in [-0.2, -0.15) is 0 Å². The number of aryl methyl sites for hydroxylation is 1. The fourth-order valence-corrected chi connectivity index (χ4v) is 1.66. The zero-order valence-electron chi connectivity index (χ0n) is 11.5. The lowest BCUT2D eigenvalue weighted by Gasteiger charge is -2.24. The number of hydrogen-bond donors (Lipinski definition) is 1. The van der Waals surface area contributed by atoms with Crippen LogP contribution in [-0.2, 0) is 11.3 Å². The summed E-state index contributed by atoms with van der Waals surface area (Å²) in [5.74, 6) is -0.00238. The molecule has 0 radical (unpaired) electrons. The third kappa shape index (κ3) is 4.85. The van der Waals surface area contributed by atoms with E-state index in [4.69, 9.17) is 5.73 Å². The van der Waals surface area contributed by atoms with E-state index in [1.807, 2.05) is 19.0 Å². The van der Waals surface area contributed by atoms with E-state index in [1.165, 1.54) is 5.56 Å². The molecule has 1 amide bonds. The molecule has 0 aliphatic rings.